The van der Waals surface area contributed by atoms with Gasteiger partial charge in [-0.05, 0) is 52.8 Å². The maximum atomic E-state index is 12.0. The average molecular weight is 526 g/mol. The number of rotatable bonds is 8. The van der Waals surface area contributed by atoms with Crippen LogP contribution in [0.25, 0.3) is 0 Å². The molecule has 7 heteroatoms. The molecule has 1 aliphatic rings. The number of likely N-dealkylation sites (tertiary alicyclic amines) is 1. The number of nitrogens with zero attached hydrogens (tertiary/aromatic N) is 2. The highest BCUT2D eigenvalue weighted by Crippen LogP contribution is 2.18. The van der Waals surface area contributed by atoms with Crippen LogP contribution in [0.15, 0.2) is 46.1 Å². The number of carbonyl (C=O) groups excluding carboxylic acids is 1. The van der Waals surface area contributed by atoms with Crippen LogP contribution < -0.4 is 10.6 Å². The van der Waals surface area contributed by atoms with Crippen LogP contribution >= 0.6 is 35.3 Å². The Bertz CT molecular complexity index is 794. The minimum Gasteiger partial charge on any atom is -0.357 e. The smallest absolute Gasteiger partial charge is 0.222 e. The molecule has 2 heterocycles. The molecule has 1 unspecified atom stereocenters. The number of hydrogen-bond acceptors (Lipinski definition) is 3. The SMILES string of the molecule is CCNC(=NCc1ccccc1CN1CCCC1=O)NCC(C)c1ccsc1.I. The van der Waals surface area contributed by atoms with Crippen molar-refractivity contribution in [2.45, 2.75) is 45.7 Å². The second-order valence-corrected chi connectivity index (χ2v) is 8.00. The number of hydrogen-bond donors (Lipinski definition) is 2. The third-order valence-electron chi connectivity index (χ3n) is 5.09. The van der Waals surface area contributed by atoms with E-state index in [4.69, 9.17) is 4.99 Å². The molecule has 3 rings (SSSR count). The van der Waals surface area contributed by atoms with Crippen LogP contribution in [0.2, 0.25) is 0 Å². The predicted octanol–water partition coefficient (Wildman–Crippen LogP) is 4.35. The van der Waals surface area contributed by atoms with Gasteiger partial charge in [0.15, 0.2) is 5.96 Å². The molecule has 1 saturated heterocycles. The van der Waals surface area contributed by atoms with Crippen LogP contribution in [0.5, 0.6) is 0 Å². The van der Waals surface area contributed by atoms with E-state index in [1.807, 2.05) is 17.0 Å². The summed E-state index contributed by atoms with van der Waals surface area (Å²) in [5.41, 5.74) is 3.71. The lowest BCUT2D eigenvalue weighted by Gasteiger charge is -2.18. The van der Waals surface area contributed by atoms with E-state index in [1.54, 1.807) is 11.3 Å². The fourth-order valence-electron chi connectivity index (χ4n) is 3.37. The first-order valence-electron chi connectivity index (χ1n) is 10.1. The summed E-state index contributed by atoms with van der Waals surface area (Å²) in [5.74, 6) is 1.52. The van der Waals surface area contributed by atoms with Crippen molar-refractivity contribution in [3.63, 3.8) is 0 Å². The average Bonchev–Trinajstić information content (AvgIpc) is 3.37. The topological polar surface area (TPSA) is 56.7 Å². The lowest BCUT2D eigenvalue weighted by Crippen LogP contribution is -2.39. The summed E-state index contributed by atoms with van der Waals surface area (Å²) in [7, 11) is 0. The van der Waals surface area contributed by atoms with E-state index in [1.165, 1.54) is 16.7 Å². The number of nitrogens with one attached hydrogen (secondary N) is 2. The Morgan fingerprint density at radius 1 is 1.24 bits per heavy atom. The Labute approximate surface area is 195 Å². The second kappa shape index (κ2) is 12.2. The molecule has 5 nitrogen and oxygen atoms in total. The monoisotopic (exact) mass is 526 g/mol. The maximum absolute atomic E-state index is 12.0. The van der Waals surface area contributed by atoms with Crippen LogP contribution in [0.3, 0.4) is 0 Å². The summed E-state index contributed by atoms with van der Waals surface area (Å²) in [4.78, 5) is 18.7. The lowest BCUT2D eigenvalue weighted by atomic mass is 10.1. The third kappa shape index (κ3) is 6.99. The Morgan fingerprint density at radius 2 is 2.03 bits per heavy atom. The molecular weight excluding hydrogens is 495 g/mol. The number of benzene rings is 1. The van der Waals surface area contributed by atoms with Gasteiger partial charge in [-0.2, -0.15) is 11.3 Å². The van der Waals surface area contributed by atoms with E-state index in [0.717, 1.165) is 32.0 Å². The molecule has 0 saturated carbocycles. The number of thiophene rings is 1. The van der Waals surface area contributed by atoms with Crippen molar-refractivity contribution in [1.82, 2.24) is 15.5 Å². The summed E-state index contributed by atoms with van der Waals surface area (Å²) in [5, 5.41) is 11.1. The van der Waals surface area contributed by atoms with Crippen molar-refractivity contribution in [3.05, 3.63) is 57.8 Å². The van der Waals surface area contributed by atoms with Crippen LogP contribution in [0.4, 0.5) is 0 Å². The van der Waals surface area contributed by atoms with Crippen molar-refractivity contribution < 1.29 is 4.79 Å². The molecule has 158 valence electrons. The Kier molecular flexibility index (Phi) is 9.93. The first-order valence-corrected chi connectivity index (χ1v) is 11.0. The summed E-state index contributed by atoms with van der Waals surface area (Å²) in [6.45, 7) is 8.10. The van der Waals surface area contributed by atoms with Gasteiger partial charge < -0.3 is 15.5 Å². The standard InChI is InChI=1S/C22H30N4OS.HI/c1-3-23-22(24-13-17(2)20-10-12-28-16-20)25-14-18-7-4-5-8-19(18)15-26-11-6-9-21(26)27;/h4-5,7-8,10,12,16-17H,3,6,9,11,13-15H2,1-2H3,(H2,23,24,25);1H. The highest BCUT2D eigenvalue weighted by atomic mass is 127. The fourth-order valence-corrected chi connectivity index (χ4v) is 4.15. The van der Waals surface area contributed by atoms with Gasteiger partial charge in [0.1, 0.15) is 0 Å². The number of aliphatic imine (C=N–C) groups is 1. The first kappa shape index (κ1) is 23.7. The molecule has 1 aliphatic heterocycles. The Balaban J connectivity index is 0.00000300. The maximum Gasteiger partial charge on any atom is 0.222 e. The van der Waals surface area contributed by atoms with E-state index in [-0.39, 0.29) is 29.9 Å². The lowest BCUT2D eigenvalue weighted by molar-refractivity contribution is -0.128. The van der Waals surface area contributed by atoms with E-state index in [9.17, 15) is 4.79 Å². The van der Waals surface area contributed by atoms with Gasteiger partial charge in [-0.1, -0.05) is 31.2 Å². The molecule has 2 N–H and O–H groups in total. The minimum absolute atomic E-state index is 0. The normalized spacial score (nSPS) is 15.2. The van der Waals surface area contributed by atoms with Gasteiger partial charge in [-0.25, -0.2) is 4.99 Å². The van der Waals surface area contributed by atoms with Crippen LogP contribution in [0.1, 0.15) is 49.3 Å². The van der Waals surface area contributed by atoms with E-state index in [2.05, 4.69) is 53.4 Å². The van der Waals surface area contributed by atoms with Gasteiger partial charge in [0.25, 0.3) is 0 Å². The predicted molar refractivity (Wildman–Crippen MR) is 132 cm³/mol. The quantitative estimate of drug-likeness (QED) is 0.306. The zero-order valence-electron chi connectivity index (χ0n) is 17.2. The van der Waals surface area contributed by atoms with Crippen LogP contribution in [0, 0.1) is 0 Å². The van der Waals surface area contributed by atoms with E-state index in [0.29, 0.717) is 25.4 Å². The minimum atomic E-state index is 0. The van der Waals surface area contributed by atoms with Crippen LogP contribution in [-0.2, 0) is 17.9 Å². The molecule has 1 amide bonds. The van der Waals surface area contributed by atoms with Crippen molar-refractivity contribution >= 4 is 47.2 Å². The molecule has 1 aromatic carbocycles. The zero-order chi connectivity index (χ0) is 19.8. The van der Waals surface area contributed by atoms with Gasteiger partial charge in [0, 0.05) is 32.6 Å². The van der Waals surface area contributed by atoms with Crippen molar-refractivity contribution in [3.8, 4) is 0 Å². The Morgan fingerprint density at radius 3 is 2.69 bits per heavy atom. The van der Waals surface area contributed by atoms with Gasteiger partial charge in [-0.3, -0.25) is 4.79 Å². The van der Waals surface area contributed by atoms with Gasteiger partial charge in [0.05, 0.1) is 6.54 Å². The Hall–Kier alpha value is -1.61. The molecule has 2 aromatic rings. The molecule has 0 aliphatic carbocycles. The number of amides is 1. The van der Waals surface area contributed by atoms with Gasteiger partial charge >= 0.3 is 0 Å². The summed E-state index contributed by atoms with van der Waals surface area (Å²) in [6.07, 6.45) is 1.65. The van der Waals surface area contributed by atoms with E-state index < -0.39 is 0 Å². The molecule has 29 heavy (non-hydrogen) atoms. The molecule has 0 bridgehead atoms. The van der Waals surface area contributed by atoms with Crippen molar-refractivity contribution in [2.24, 2.45) is 4.99 Å². The molecule has 1 atom stereocenters. The number of carbonyl (C=O) groups is 1. The molecule has 0 radical (unpaired) electrons. The van der Waals surface area contributed by atoms with E-state index >= 15 is 0 Å². The number of guanidine groups is 1. The van der Waals surface area contributed by atoms with Gasteiger partial charge in [-0.15, -0.1) is 24.0 Å². The molecule has 1 aromatic heterocycles. The third-order valence-corrected chi connectivity index (χ3v) is 5.79. The summed E-state index contributed by atoms with van der Waals surface area (Å²) in [6, 6.07) is 10.5. The van der Waals surface area contributed by atoms with Crippen LogP contribution in [-0.4, -0.2) is 36.4 Å². The summed E-state index contributed by atoms with van der Waals surface area (Å²) >= 11 is 1.73. The highest BCUT2D eigenvalue weighted by Gasteiger charge is 2.20. The van der Waals surface area contributed by atoms with Crippen molar-refractivity contribution in [1.29, 1.82) is 0 Å². The number of halogens is 1. The highest BCUT2D eigenvalue weighted by molar-refractivity contribution is 14.0. The molecule has 0 spiro atoms. The molecule has 1 fully saturated rings. The van der Waals surface area contributed by atoms with Gasteiger partial charge in [0.2, 0.25) is 5.91 Å². The molecular formula is C22H31IN4OS. The fraction of sp³-hybridized carbons (Fsp3) is 0.455. The largest absolute Gasteiger partial charge is 0.357 e. The first-order chi connectivity index (χ1) is 13.7. The van der Waals surface area contributed by atoms with Crippen molar-refractivity contribution in [2.75, 3.05) is 19.6 Å². The zero-order valence-corrected chi connectivity index (χ0v) is 20.3. The second-order valence-electron chi connectivity index (χ2n) is 7.22. The summed E-state index contributed by atoms with van der Waals surface area (Å²) < 4.78 is 0.